The van der Waals surface area contributed by atoms with Gasteiger partial charge >= 0.3 is 0 Å². The van der Waals surface area contributed by atoms with Crippen molar-refractivity contribution >= 4 is 21.6 Å². The number of benzene rings is 3. The smallest absolute Gasteiger partial charge is 0.243 e. The Morgan fingerprint density at radius 2 is 1.67 bits per heavy atom. The molecular weight excluding hydrogens is 476 g/mol. The molecule has 1 amide bonds. The molecule has 4 rings (SSSR count). The lowest BCUT2D eigenvalue weighted by molar-refractivity contribution is -0.120. The van der Waals surface area contributed by atoms with Crippen molar-refractivity contribution < 1.29 is 22.7 Å². The first-order chi connectivity index (χ1) is 17.4. The first-order valence-corrected chi connectivity index (χ1v) is 13.6. The molecule has 1 aliphatic rings. The van der Waals surface area contributed by atoms with Crippen molar-refractivity contribution in [3.8, 4) is 11.5 Å². The summed E-state index contributed by atoms with van der Waals surface area (Å²) in [6.07, 6.45) is 0.943. The van der Waals surface area contributed by atoms with E-state index in [9.17, 15) is 13.2 Å². The fourth-order valence-corrected chi connectivity index (χ4v) is 5.78. The number of piperidine rings is 1. The van der Waals surface area contributed by atoms with Gasteiger partial charge in [0.25, 0.3) is 0 Å². The number of nitrogens with zero attached hydrogens (tertiary/aromatic N) is 1. The van der Waals surface area contributed by atoms with Crippen LogP contribution in [0.15, 0.2) is 77.7 Å². The molecule has 1 N–H and O–H groups in total. The van der Waals surface area contributed by atoms with Crippen LogP contribution in [0.1, 0.15) is 30.9 Å². The molecule has 0 spiro atoms. The van der Waals surface area contributed by atoms with E-state index >= 15 is 0 Å². The van der Waals surface area contributed by atoms with Gasteiger partial charge in [-0.25, -0.2) is 8.42 Å². The van der Waals surface area contributed by atoms with Crippen molar-refractivity contribution in [1.29, 1.82) is 0 Å². The standard InChI is InChI=1S/C28H32N2O5S/c1-3-34-27-14-13-26(19-21(27)2)36(32,33)30-17-15-23(16-18-30)28(31)29-24-9-11-25(12-10-24)35-20-22-7-5-4-6-8-22/h4-14,19,23H,3,15-18,20H2,1-2H3,(H,29,31). The zero-order chi connectivity index (χ0) is 25.5. The number of nitrogens with one attached hydrogen (secondary N) is 1. The Bertz CT molecular complexity index is 1270. The summed E-state index contributed by atoms with van der Waals surface area (Å²) < 4.78 is 39.0. The molecule has 0 saturated carbocycles. The number of carbonyl (C=O) groups excluding carboxylic acids is 1. The van der Waals surface area contributed by atoms with Gasteiger partial charge in [0.1, 0.15) is 18.1 Å². The molecule has 0 bridgehead atoms. The molecule has 1 saturated heterocycles. The molecular formula is C28H32N2O5S. The zero-order valence-electron chi connectivity index (χ0n) is 20.6. The highest BCUT2D eigenvalue weighted by molar-refractivity contribution is 7.89. The zero-order valence-corrected chi connectivity index (χ0v) is 21.5. The Labute approximate surface area is 213 Å². The topological polar surface area (TPSA) is 84.9 Å². The fraction of sp³-hybridized carbons (Fsp3) is 0.321. The van der Waals surface area contributed by atoms with Gasteiger partial charge in [0, 0.05) is 24.7 Å². The van der Waals surface area contributed by atoms with Gasteiger partial charge in [-0.05, 0) is 80.3 Å². The van der Waals surface area contributed by atoms with Crippen LogP contribution in [0.3, 0.4) is 0 Å². The third kappa shape index (κ3) is 6.25. The lowest BCUT2D eigenvalue weighted by atomic mass is 9.97. The predicted octanol–water partition coefficient (Wildman–Crippen LogP) is 5.01. The highest BCUT2D eigenvalue weighted by Crippen LogP contribution is 2.28. The molecule has 0 radical (unpaired) electrons. The second kappa shape index (κ2) is 11.6. The van der Waals surface area contributed by atoms with Crippen molar-refractivity contribution in [2.24, 2.45) is 5.92 Å². The van der Waals surface area contributed by atoms with E-state index < -0.39 is 10.0 Å². The van der Waals surface area contributed by atoms with Crippen LogP contribution in [0.5, 0.6) is 11.5 Å². The van der Waals surface area contributed by atoms with Crippen LogP contribution in [0.4, 0.5) is 5.69 Å². The molecule has 8 heteroatoms. The molecule has 1 aliphatic heterocycles. The number of anilines is 1. The van der Waals surface area contributed by atoms with Crippen LogP contribution < -0.4 is 14.8 Å². The van der Waals surface area contributed by atoms with Crippen molar-refractivity contribution in [3.05, 3.63) is 83.9 Å². The number of sulfonamides is 1. The molecule has 7 nitrogen and oxygen atoms in total. The SMILES string of the molecule is CCOc1ccc(S(=O)(=O)N2CCC(C(=O)Nc3ccc(OCc4ccccc4)cc3)CC2)cc1C. The summed E-state index contributed by atoms with van der Waals surface area (Å²) in [5, 5.41) is 2.95. The molecule has 0 aromatic heterocycles. The van der Waals surface area contributed by atoms with Crippen molar-refractivity contribution in [3.63, 3.8) is 0 Å². The third-order valence-electron chi connectivity index (χ3n) is 6.28. The molecule has 0 unspecified atom stereocenters. The summed E-state index contributed by atoms with van der Waals surface area (Å²) in [6.45, 7) is 5.33. The van der Waals surface area contributed by atoms with Crippen LogP contribution in [-0.4, -0.2) is 38.3 Å². The summed E-state index contributed by atoms with van der Waals surface area (Å²) >= 11 is 0. The summed E-state index contributed by atoms with van der Waals surface area (Å²) in [4.78, 5) is 13.1. The summed E-state index contributed by atoms with van der Waals surface area (Å²) in [7, 11) is -3.62. The Morgan fingerprint density at radius 3 is 2.31 bits per heavy atom. The van der Waals surface area contributed by atoms with Gasteiger partial charge in [0.05, 0.1) is 11.5 Å². The van der Waals surface area contributed by atoms with E-state index in [0.29, 0.717) is 50.6 Å². The maximum Gasteiger partial charge on any atom is 0.243 e. The molecule has 0 aliphatic carbocycles. The lowest BCUT2D eigenvalue weighted by Gasteiger charge is -2.30. The normalized spacial score (nSPS) is 14.8. The minimum Gasteiger partial charge on any atom is -0.494 e. The number of rotatable bonds is 9. The monoisotopic (exact) mass is 508 g/mol. The van der Waals surface area contributed by atoms with Gasteiger partial charge in [-0.3, -0.25) is 4.79 Å². The average Bonchev–Trinajstić information content (AvgIpc) is 2.90. The highest BCUT2D eigenvalue weighted by atomic mass is 32.2. The van der Waals surface area contributed by atoms with Gasteiger partial charge in [-0.2, -0.15) is 4.31 Å². The van der Waals surface area contributed by atoms with Crippen molar-refractivity contribution in [2.45, 2.75) is 38.2 Å². The van der Waals surface area contributed by atoms with Crippen LogP contribution in [-0.2, 0) is 21.4 Å². The van der Waals surface area contributed by atoms with Gasteiger partial charge in [0.15, 0.2) is 0 Å². The van der Waals surface area contributed by atoms with E-state index in [1.165, 1.54) is 4.31 Å². The predicted molar refractivity (Wildman–Crippen MR) is 140 cm³/mol. The molecule has 1 heterocycles. The molecule has 1 fully saturated rings. The Morgan fingerprint density at radius 1 is 0.972 bits per heavy atom. The average molecular weight is 509 g/mol. The Balaban J connectivity index is 1.29. The Hall–Kier alpha value is -3.36. The van der Waals surface area contributed by atoms with Crippen molar-refractivity contribution in [1.82, 2.24) is 4.31 Å². The van der Waals surface area contributed by atoms with Crippen LogP contribution >= 0.6 is 0 Å². The van der Waals surface area contributed by atoms with E-state index in [0.717, 1.165) is 16.9 Å². The van der Waals surface area contributed by atoms with Gasteiger partial charge in [-0.1, -0.05) is 30.3 Å². The summed E-state index contributed by atoms with van der Waals surface area (Å²) in [5.74, 6) is 1.07. The molecule has 0 atom stereocenters. The molecule has 3 aromatic carbocycles. The quantitative estimate of drug-likeness (QED) is 0.439. The maximum absolute atomic E-state index is 13.1. The van der Waals surface area contributed by atoms with Gasteiger partial charge in [0.2, 0.25) is 15.9 Å². The number of amides is 1. The summed E-state index contributed by atoms with van der Waals surface area (Å²) in [6, 6.07) is 22.1. The largest absolute Gasteiger partial charge is 0.494 e. The molecule has 3 aromatic rings. The molecule has 190 valence electrons. The minimum atomic E-state index is -3.62. The summed E-state index contributed by atoms with van der Waals surface area (Å²) in [5.41, 5.74) is 2.55. The lowest BCUT2D eigenvalue weighted by Crippen LogP contribution is -2.41. The van der Waals surface area contributed by atoms with E-state index in [4.69, 9.17) is 9.47 Å². The maximum atomic E-state index is 13.1. The van der Waals surface area contributed by atoms with Crippen LogP contribution in [0.25, 0.3) is 0 Å². The van der Waals surface area contributed by atoms with Crippen molar-refractivity contribution in [2.75, 3.05) is 25.0 Å². The van der Waals surface area contributed by atoms with E-state index in [1.807, 2.05) is 68.4 Å². The Kier molecular flexibility index (Phi) is 8.28. The second-order valence-electron chi connectivity index (χ2n) is 8.83. The van der Waals surface area contributed by atoms with Crippen LogP contribution in [0.2, 0.25) is 0 Å². The van der Waals surface area contributed by atoms with Gasteiger partial charge in [-0.15, -0.1) is 0 Å². The molecule has 36 heavy (non-hydrogen) atoms. The number of aryl methyl sites for hydroxylation is 1. The van der Waals surface area contributed by atoms with E-state index in [1.54, 1.807) is 18.2 Å². The number of hydrogen-bond donors (Lipinski definition) is 1. The van der Waals surface area contributed by atoms with Crippen LogP contribution in [0, 0.1) is 12.8 Å². The third-order valence-corrected chi connectivity index (χ3v) is 8.17. The second-order valence-corrected chi connectivity index (χ2v) is 10.8. The van der Waals surface area contributed by atoms with Gasteiger partial charge < -0.3 is 14.8 Å². The number of carbonyl (C=O) groups is 1. The number of ether oxygens (including phenoxy) is 2. The van der Waals surface area contributed by atoms with E-state index in [2.05, 4.69) is 5.32 Å². The number of hydrogen-bond acceptors (Lipinski definition) is 5. The first kappa shape index (κ1) is 25.7. The fourth-order valence-electron chi connectivity index (χ4n) is 4.23. The first-order valence-electron chi connectivity index (χ1n) is 12.2. The van der Waals surface area contributed by atoms with E-state index in [-0.39, 0.29) is 16.7 Å². The minimum absolute atomic E-state index is 0.0955. The highest BCUT2D eigenvalue weighted by Gasteiger charge is 2.32.